The number of aliphatic imine (C=N–C) groups is 1. The van der Waals surface area contributed by atoms with Crippen molar-refractivity contribution in [1.82, 2.24) is 5.32 Å². The molecule has 4 rings (SSSR count). The van der Waals surface area contributed by atoms with Crippen LogP contribution in [0, 0.1) is 0 Å². The van der Waals surface area contributed by atoms with Crippen LogP contribution < -0.4 is 11.1 Å². The molecule has 3 aromatic carbocycles. The molecule has 1 atom stereocenters. The standard InChI is InChI=1S/C23H17Cl4N3O/c24-16-6-5-14(19(27)11-16)12-29-23(28)30-22(15-7-17(25)10-18(26)8-15)21-9-13-3-1-2-4-20(13)31-21/h1-11,22H,12H2,(H3,28,29,30). The number of nitrogens with one attached hydrogen (secondary N) is 1. The molecule has 0 aliphatic rings. The highest BCUT2D eigenvalue weighted by molar-refractivity contribution is 6.35. The average molecular weight is 493 g/mol. The third-order valence-electron chi connectivity index (χ3n) is 4.67. The number of guanidine groups is 1. The van der Waals surface area contributed by atoms with E-state index in [1.54, 1.807) is 18.2 Å². The third kappa shape index (κ3) is 5.28. The second-order valence-corrected chi connectivity index (χ2v) is 8.62. The van der Waals surface area contributed by atoms with E-state index >= 15 is 0 Å². The van der Waals surface area contributed by atoms with Crippen LogP contribution in [-0.4, -0.2) is 5.96 Å². The van der Waals surface area contributed by atoms with Gasteiger partial charge in [-0.2, -0.15) is 0 Å². The lowest BCUT2D eigenvalue weighted by atomic mass is 10.0. The summed E-state index contributed by atoms with van der Waals surface area (Å²) in [4.78, 5) is 4.42. The summed E-state index contributed by atoms with van der Waals surface area (Å²) in [5.74, 6) is 0.870. The molecule has 0 fully saturated rings. The van der Waals surface area contributed by atoms with Crippen LogP contribution in [0.3, 0.4) is 0 Å². The van der Waals surface area contributed by atoms with Gasteiger partial charge in [0.15, 0.2) is 5.96 Å². The van der Waals surface area contributed by atoms with Crippen molar-refractivity contribution in [2.45, 2.75) is 12.6 Å². The van der Waals surface area contributed by atoms with Gasteiger partial charge in [-0.15, -0.1) is 0 Å². The minimum absolute atomic E-state index is 0.215. The summed E-state index contributed by atoms with van der Waals surface area (Å²) in [6.45, 7) is 0.290. The number of nitrogens with zero attached hydrogens (tertiary/aromatic N) is 1. The molecule has 4 nitrogen and oxygen atoms in total. The van der Waals surface area contributed by atoms with Crippen LogP contribution in [-0.2, 0) is 6.54 Å². The molecular formula is C23H17Cl4N3O. The van der Waals surface area contributed by atoms with Crippen molar-refractivity contribution in [2.24, 2.45) is 10.7 Å². The zero-order chi connectivity index (χ0) is 22.0. The first-order chi connectivity index (χ1) is 14.9. The Morgan fingerprint density at radius 1 is 0.903 bits per heavy atom. The maximum atomic E-state index is 6.24. The fourth-order valence-electron chi connectivity index (χ4n) is 3.22. The molecule has 0 radical (unpaired) electrons. The number of rotatable bonds is 5. The number of fused-ring (bicyclic) bond motifs is 1. The predicted octanol–water partition coefficient (Wildman–Crippen LogP) is 7.24. The van der Waals surface area contributed by atoms with E-state index in [0.717, 1.165) is 22.1 Å². The second kappa shape index (κ2) is 9.41. The summed E-state index contributed by atoms with van der Waals surface area (Å²) in [6.07, 6.45) is 0. The molecule has 3 N–H and O–H groups in total. The van der Waals surface area contributed by atoms with Crippen molar-refractivity contribution in [3.8, 4) is 0 Å². The SMILES string of the molecule is NC(=NCc1ccc(Cl)cc1Cl)NC(c1cc(Cl)cc(Cl)c1)c1cc2ccccc2o1. The topological polar surface area (TPSA) is 63.5 Å². The van der Waals surface area contributed by atoms with Crippen molar-refractivity contribution in [1.29, 1.82) is 0 Å². The van der Waals surface area contributed by atoms with Crippen LogP contribution in [0.15, 0.2) is 76.1 Å². The van der Waals surface area contributed by atoms with E-state index in [1.807, 2.05) is 48.5 Å². The Hall–Kier alpha value is -2.37. The Bertz CT molecular complexity index is 1220. The maximum Gasteiger partial charge on any atom is 0.189 e. The smallest absolute Gasteiger partial charge is 0.189 e. The molecule has 4 aromatic rings. The molecule has 1 heterocycles. The molecule has 0 saturated heterocycles. The molecule has 0 spiro atoms. The molecule has 0 aliphatic heterocycles. The number of nitrogens with two attached hydrogens (primary N) is 1. The lowest BCUT2D eigenvalue weighted by molar-refractivity contribution is 0.506. The third-order valence-corrected chi connectivity index (χ3v) is 5.70. The second-order valence-electron chi connectivity index (χ2n) is 6.90. The molecule has 8 heteroatoms. The molecule has 1 unspecified atom stereocenters. The largest absolute Gasteiger partial charge is 0.459 e. The quantitative estimate of drug-likeness (QED) is 0.228. The average Bonchev–Trinajstić information content (AvgIpc) is 3.14. The number of halogens is 4. The number of benzene rings is 3. The molecular weight excluding hydrogens is 476 g/mol. The number of para-hydroxylation sites is 1. The highest BCUT2D eigenvalue weighted by Gasteiger charge is 2.20. The zero-order valence-electron chi connectivity index (χ0n) is 16.1. The summed E-state index contributed by atoms with van der Waals surface area (Å²) < 4.78 is 6.07. The number of furan rings is 1. The van der Waals surface area contributed by atoms with Crippen LogP contribution in [0.5, 0.6) is 0 Å². The van der Waals surface area contributed by atoms with E-state index in [9.17, 15) is 0 Å². The fraction of sp³-hybridized carbons (Fsp3) is 0.0870. The minimum Gasteiger partial charge on any atom is -0.459 e. The normalized spacial score (nSPS) is 12.8. The lowest BCUT2D eigenvalue weighted by Gasteiger charge is -2.18. The van der Waals surface area contributed by atoms with Gasteiger partial charge in [-0.25, -0.2) is 4.99 Å². The van der Waals surface area contributed by atoms with E-state index in [0.29, 0.717) is 25.9 Å². The van der Waals surface area contributed by atoms with Gasteiger partial charge in [-0.3, -0.25) is 0 Å². The van der Waals surface area contributed by atoms with Crippen molar-refractivity contribution >= 4 is 63.3 Å². The van der Waals surface area contributed by atoms with Crippen LogP contribution in [0.2, 0.25) is 20.1 Å². The summed E-state index contributed by atoms with van der Waals surface area (Å²) in [7, 11) is 0. The van der Waals surface area contributed by atoms with Crippen LogP contribution in [0.25, 0.3) is 11.0 Å². The fourth-order valence-corrected chi connectivity index (χ4v) is 4.23. The molecule has 0 amide bonds. The van der Waals surface area contributed by atoms with Crippen molar-refractivity contribution in [3.63, 3.8) is 0 Å². The molecule has 31 heavy (non-hydrogen) atoms. The van der Waals surface area contributed by atoms with Gasteiger partial charge in [0, 0.05) is 25.5 Å². The van der Waals surface area contributed by atoms with Gasteiger partial charge < -0.3 is 15.5 Å². The van der Waals surface area contributed by atoms with E-state index in [4.69, 9.17) is 56.6 Å². The van der Waals surface area contributed by atoms with Gasteiger partial charge >= 0.3 is 0 Å². The molecule has 0 aliphatic carbocycles. The first kappa shape index (κ1) is 21.8. The van der Waals surface area contributed by atoms with Crippen LogP contribution in [0.1, 0.15) is 22.9 Å². The molecule has 1 aromatic heterocycles. The van der Waals surface area contributed by atoms with Crippen molar-refractivity contribution in [3.05, 3.63) is 104 Å². The van der Waals surface area contributed by atoms with Gasteiger partial charge in [0.05, 0.1) is 6.54 Å². The van der Waals surface area contributed by atoms with Gasteiger partial charge in [0.2, 0.25) is 0 Å². The summed E-state index contributed by atoms with van der Waals surface area (Å²) >= 11 is 24.7. The van der Waals surface area contributed by atoms with Gasteiger partial charge in [-0.1, -0.05) is 70.7 Å². The first-order valence-corrected chi connectivity index (χ1v) is 10.8. The Labute approximate surface area is 199 Å². The summed E-state index contributed by atoms with van der Waals surface area (Å²) in [5.41, 5.74) is 8.57. The Morgan fingerprint density at radius 2 is 1.65 bits per heavy atom. The van der Waals surface area contributed by atoms with E-state index < -0.39 is 6.04 Å². The predicted molar refractivity (Wildman–Crippen MR) is 129 cm³/mol. The lowest BCUT2D eigenvalue weighted by Crippen LogP contribution is -2.35. The Morgan fingerprint density at radius 3 is 2.35 bits per heavy atom. The van der Waals surface area contributed by atoms with Crippen LogP contribution in [0.4, 0.5) is 0 Å². The first-order valence-electron chi connectivity index (χ1n) is 9.34. The van der Waals surface area contributed by atoms with E-state index in [1.165, 1.54) is 0 Å². The summed E-state index contributed by atoms with van der Waals surface area (Å²) in [6, 6.07) is 19.8. The maximum absolute atomic E-state index is 6.24. The van der Waals surface area contributed by atoms with Gasteiger partial charge in [0.25, 0.3) is 0 Å². The molecule has 158 valence electrons. The Balaban J connectivity index is 1.66. The van der Waals surface area contributed by atoms with E-state index in [-0.39, 0.29) is 12.5 Å². The van der Waals surface area contributed by atoms with Crippen LogP contribution >= 0.6 is 46.4 Å². The monoisotopic (exact) mass is 491 g/mol. The zero-order valence-corrected chi connectivity index (χ0v) is 19.1. The van der Waals surface area contributed by atoms with Gasteiger partial charge in [0.1, 0.15) is 17.4 Å². The number of hydrogen-bond acceptors (Lipinski definition) is 2. The molecule has 0 saturated carbocycles. The number of hydrogen-bond donors (Lipinski definition) is 2. The van der Waals surface area contributed by atoms with Gasteiger partial charge in [-0.05, 0) is 53.6 Å². The Kier molecular flexibility index (Phi) is 6.63. The minimum atomic E-state index is -0.451. The molecule has 0 bridgehead atoms. The summed E-state index contributed by atoms with van der Waals surface area (Å²) in [5, 5.41) is 6.29. The van der Waals surface area contributed by atoms with Crippen molar-refractivity contribution < 1.29 is 4.42 Å². The van der Waals surface area contributed by atoms with Crippen molar-refractivity contribution in [2.75, 3.05) is 0 Å². The highest BCUT2D eigenvalue weighted by atomic mass is 35.5. The highest BCUT2D eigenvalue weighted by Crippen LogP contribution is 2.31. The van der Waals surface area contributed by atoms with E-state index in [2.05, 4.69) is 10.3 Å².